The van der Waals surface area contributed by atoms with Gasteiger partial charge in [-0.3, -0.25) is 4.98 Å². The van der Waals surface area contributed by atoms with Gasteiger partial charge >= 0.3 is 0 Å². The standard InChI is InChI=1S/C20H17N5/c1-2-7-16(8-3-1)17-9-6-11-19(15-17)25-20(22-23-24-25)13-12-18-10-4-5-14-21-18/h1-11,14-15H,12-13H2. The van der Waals surface area contributed by atoms with E-state index in [9.17, 15) is 0 Å². The Morgan fingerprint density at radius 3 is 2.44 bits per heavy atom. The minimum Gasteiger partial charge on any atom is -0.261 e. The van der Waals surface area contributed by atoms with Crippen LogP contribution in [-0.4, -0.2) is 25.2 Å². The van der Waals surface area contributed by atoms with E-state index in [1.807, 2.05) is 54.7 Å². The summed E-state index contributed by atoms with van der Waals surface area (Å²) in [6.07, 6.45) is 3.35. The molecule has 2 aromatic heterocycles. The van der Waals surface area contributed by atoms with Crippen LogP contribution in [0.15, 0.2) is 79.0 Å². The van der Waals surface area contributed by atoms with Gasteiger partial charge in [0.2, 0.25) is 0 Å². The highest BCUT2D eigenvalue weighted by Crippen LogP contribution is 2.22. The maximum absolute atomic E-state index is 4.36. The van der Waals surface area contributed by atoms with Crippen molar-refractivity contribution in [2.75, 3.05) is 0 Å². The first-order chi connectivity index (χ1) is 12.4. The molecule has 0 aliphatic carbocycles. The van der Waals surface area contributed by atoms with Gasteiger partial charge in [0.1, 0.15) is 0 Å². The Hall–Kier alpha value is -3.34. The molecule has 0 fully saturated rings. The minimum atomic E-state index is 0.736. The van der Waals surface area contributed by atoms with Crippen LogP contribution < -0.4 is 0 Å². The number of nitrogens with zero attached hydrogens (tertiary/aromatic N) is 5. The molecule has 122 valence electrons. The zero-order chi connectivity index (χ0) is 16.9. The maximum atomic E-state index is 4.36. The van der Waals surface area contributed by atoms with Gasteiger partial charge in [-0.2, -0.15) is 4.68 Å². The van der Waals surface area contributed by atoms with E-state index < -0.39 is 0 Å². The van der Waals surface area contributed by atoms with Crippen molar-refractivity contribution in [3.8, 4) is 16.8 Å². The molecule has 5 heteroatoms. The molecule has 0 saturated heterocycles. The van der Waals surface area contributed by atoms with Crippen molar-refractivity contribution in [1.29, 1.82) is 0 Å². The SMILES string of the molecule is c1ccc(-c2cccc(-n3nnnc3CCc3ccccn3)c2)cc1. The van der Waals surface area contributed by atoms with Gasteiger partial charge in [0.15, 0.2) is 5.82 Å². The largest absolute Gasteiger partial charge is 0.261 e. The molecule has 0 N–H and O–H groups in total. The van der Waals surface area contributed by atoms with Crippen LogP contribution in [0.25, 0.3) is 16.8 Å². The van der Waals surface area contributed by atoms with Crippen LogP contribution in [0.5, 0.6) is 0 Å². The predicted octanol–water partition coefficient (Wildman–Crippen LogP) is 3.51. The summed E-state index contributed by atoms with van der Waals surface area (Å²) < 4.78 is 1.80. The van der Waals surface area contributed by atoms with Crippen LogP contribution in [0.1, 0.15) is 11.5 Å². The molecular weight excluding hydrogens is 310 g/mol. The number of rotatable bonds is 5. The Morgan fingerprint density at radius 2 is 1.60 bits per heavy atom. The summed E-state index contributed by atoms with van der Waals surface area (Å²) in [5.74, 6) is 0.830. The molecule has 0 radical (unpaired) electrons. The number of benzene rings is 2. The molecule has 0 atom stereocenters. The lowest BCUT2D eigenvalue weighted by Gasteiger charge is -2.07. The maximum Gasteiger partial charge on any atom is 0.157 e. The van der Waals surface area contributed by atoms with Gasteiger partial charge in [-0.1, -0.05) is 48.5 Å². The first kappa shape index (κ1) is 15.2. The highest BCUT2D eigenvalue weighted by atomic mass is 15.5. The van der Waals surface area contributed by atoms with Crippen molar-refractivity contribution in [2.24, 2.45) is 0 Å². The van der Waals surface area contributed by atoms with Gasteiger partial charge in [-0.25, -0.2) is 0 Å². The fourth-order valence-electron chi connectivity index (χ4n) is 2.80. The van der Waals surface area contributed by atoms with Gasteiger partial charge in [0, 0.05) is 18.3 Å². The van der Waals surface area contributed by atoms with Crippen molar-refractivity contribution in [3.63, 3.8) is 0 Å². The third-order valence-electron chi connectivity index (χ3n) is 4.06. The van der Waals surface area contributed by atoms with E-state index in [0.29, 0.717) is 0 Å². The van der Waals surface area contributed by atoms with Crippen molar-refractivity contribution < 1.29 is 0 Å². The van der Waals surface area contributed by atoms with Gasteiger partial charge < -0.3 is 0 Å². The Morgan fingerprint density at radius 1 is 0.760 bits per heavy atom. The summed E-state index contributed by atoms with van der Waals surface area (Å²) in [6, 6.07) is 24.5. The molecular formula is C20H17N5. The summed E-state index contributed by atoms with van der Waals surface area (Å²) in [7, 11) is 0. The van der Waals surface area contributed by atoms with Crippen molar-refractivity contribution in [1.82, 2.24) is 25.2 Å². The van der Waals surface area contributed by atoms with E-state index in [-0.39, 0.29) is 0 Å². The van der Waals surface area contributed by atoms with E-state index in [1.54, 1.807) is 4.68 Å². The van der Waals surface area contributed by atoms with Gasteiger partial charge in [0.05, 0.1) is 5.69 Å². The normalized spacial score (nSPS) is 10.7. The van der Waals surface area contributed by atoms with Crippen molar-refractivity contribution >= 4 is 0 Å². The smallest absolute Gasteiger partial charge is 0.157 e. The summed E-state index contributed by atoms with van der Waals surface area (Å²) in [4.78, 5) is 4.36. The number of hydrogen-bond donors (Lipinski definition) is 0. The minimum absolute atomic E-state index is 0.736. The average molecular weight is 327 g/mol. The van der Waals surface area contributed by atoms with E-state index in [0.717, 1.165) is 35.6 Å². The molecule has 4 aromatic rings. The highest BCUT2D eigenvalue weighted by Gasteiger charge is 2.10. The topological polar surface area (TPSA) is 56.5 Å². The zero-order valence-electron chi connectivity index (χ0n) is 13.7. The quantitative estimate of drug-likeness (QED) is 0.563. The lowest BCUT2D eigenvalue weighted by atomic mass is 10.1. The van der Waals surface area contributed by atoms with E-state index in [1.165, 1.54) is 5.56 Å². The average Bonchev–Trinajstić information content (AvgIpc) is 3.17. The molecule has 25 heavy (non-hydrogen) atoms. The number of tetrazole rings is 1. The van der Waals surface area contributed by atoms with Crippen LogP contribution in [0.4, 0.5) is 0 Å². The lowest BCUT2D eigenvalue weighted by Crippen LogP contribution is -2.05. The number of aromatic nitrogens is 5. The van der Waals surface area contributed by atoms with Gasteiger partial charge in [0.25, 0.3) is 0 Å². The molecule has 0 amide bonds. The molecule has 5 nitrogen and oxygen atoms in total. The van der Waals surface area contributed by atoms with Crippen molar-refractivity contribution in [2.45, 2.75) is 12.8 Å². The summed E-state index contributed by atoms with van der Waals surface area (Å²) in [6.45, 7) is 0. The molecule has 0 spiro atoms. The fourth-order valence-corrected chi connectivity index (χ4v) is 2.80. The molecule has 0 aliphatic rings. The summed E-state index contributed by atoms with van der Waals surface area (Å²) >= 11 is 0. The summed E-state index contributed by atoms with van der Waals surface area (Å²) in [5, 5.41) is 12.2. The van der Waals surface area contributed by atoms with Crippen LogP contribution in [-0.2, 0) is 12.8 Å². The predicted molar refractivity (Wildman–Crippen MR) is 96.2 cm³/mol. The number of hydrogen-bond acceptors (Lipinski definition) is 4. The summed E-state index contributed by atoms with van der Waals surface area (Å²) in [5.41, 5.74) is 4.31. The first-order valence-corrected chi connectivity index (χ1v) is 8.23. The molecule has 0 bridgehead atoms. The monoisotopic (exact) mass is 327 g/mol. The highest BCUT2D eigenvalue weighted by molar-refractivity contribution is 5.65. The van der Waals surface area contributed by atoms with Crippen LogP contribution >= 0.6 is 0 Å². The molecule has 2 heterocycles. The second kappa shape index (κ2) is 7.05. The third-order valence-corrected chi connectivity index (χ3v) is 4.06. The second-order valence-corrected chi connectivity index (χ2v) is 5.74. The Labute approximate surface area is 146 Å². The number of pyridine rings is 1. The lowest BCUT2D eigenvalue weighted by molar-refractivity contribution is 0.747. The van der Waals surface area contributed by atoms with E-state index in [2.05, 4.69) is 44.8 Å². The Bertz CT molecular complexity index is 948. The Balaban J connectivity index is 1.60. The third kappa shape index (κ3) is 3.45. The van der Waals surface area contributed by atoms with Gasteiger partial charge in [-0.05, 0) is 52.2 Å². The van der Waals surface area contributed by atoms with E-state index >= 15 is 0 Å². The molecule has 4 rings (SSSR count). The van der Waals surface area contributed by atoms with Crippen LogP contribution in [0.3, 0.4) is 0 Å². The molecule has 0 saturated carbocycles. The van der Waals surface area contributed by atoms with Gasteiger partial charge in [-0.15, -0.1) is 5.10 Å². The zero-order valence-corrected chi connectivity index (χ0v) is 13.7. The van der Waals surface area contributed by atoms with E-state index in [4.69, 9.17) is 0 Å². The van der Waals surface area contributed by atoms with Crippen molar-refractivity contribution in [3.05, 3.63) is 90.5 Å². The molecule has 0 unspecified atom stereocenters. The Kier molecular flexibility index (Phi) is 4.29. The van der Waals surface area contributed by atoms with Crippen LogP contribution in [0, 0.1) is 0 Å². The number of aryl methyl sites for hydroxylation is 2. The second-order valence-electron chi connectivity index (χ2n) is 5.74. The fraction of sp³-hybridized carbons (Fsp3) is 0.100. The molecule has 2 aromatic carbocycles. The first-order valence-electron chi connectivity index (χ1n) is 8.23. The molecule has 0 aliphatic heterocycles. The van der Waals surface area contributed by atoms with Crippen LogP contribution in [0.2, 0.25) is 0 Å².